The van der Waals surface area contributed by atoms with Gasteiger partial charge in [0.05, 0.1) is 0 Å². The Hall–Kier alpha value is -1.38. The van der Waals surface area contributed by atoms with E-state index in [1.54, 1.807) is 6.20 Å². The van der Waals surface area contributed by atoms with Crippen LogP contribution >= 0.6 is 0 Å². The van der Waals surface area contributed by atoms with E-state index in [9.17, 15) is 4.79 Å². The molecule has 1 aromatic rings. The van der Waals surface area contributed by atoms with Gasteiger partial charge in [-0.1, -0.05) is 19.9 Å². The van der Waals surface area contributed by atoms with Gasteiger partial charge in [0, 0.05) is 30.8 Å². The summed E-state index contributed by atoms with van der Waals surface area (Å²) in [6, 6.07) is 4.35. The summed E-state index contributed by atoms with van der Waals surface area (Å²) in [4.78, 5) is 15.6. The predicted octanol–water partition coefficient (Wildman–Crippen LogP) is 2.10. The van der Waals surface area contributed by atoms with E-state index in [2.05, 4.69) is 30.2 Å². The minimum absolute atomic E-state index is 0.173. The van der Waals surface area contributed by atoms with Crippen molar-refractivity contribution in [1.82, 2.24) is 10.3 Å². The zero-order valence-corrected chi connectivity index (χ0v) is 9.81. The number of hydrogen-bond donors (Lipinski definition) is 1. The first kappa shape index (κ1) is 11.1. The van der Waals surface area contributed by atoms with Crippen molar-refractivity contribution in [3.63, 3.8) is 0 Å². The van der Waals surface area contributed by atoms with Gasteiger partial charge in [0.2, 0.25) is 5.91 Å². The molecular formula is C13H18N2O. The van der Waals surface area contributed by atoms with Crippen LogP contribution in [0.15, 0.2) is 24.5 Å². The molecule has 0 bridgehead atoms. The van der Waals surface area contributed by atoms with Crippen molar-refractivity contribution in [1.29, 1.82) is 0 Å². The van der Waals surface area contributed by atoms with Gasteiger partial charge in [-0.2, -0.15) is 0 Å². The third-order valence-corrected chi connectivity index (χ3v) is 2.84. The van der Waals surface area contributed by atoms with E-state index in [4.69, 9.17) is 0 Å². The summed E-state index contributed by atoms with van der Waals surface area (Å²) in [6.45, 7) is 4.12. The molecule has 1 N–H and O–H groups in total. The highest BCUT2D eigenvalue weighted by molar-refractivity contribution is 5.77. The van der Waals surface area contributed by atoms with Crippen molar-refractivity contribution in [2.45, 2.75) is 38.6 Å². The zero-order chi connectivity index (χ0) is 11.5. The molecule has 0 spiro atoms. The number of carbonyl (C=O) groups excluding carboxylic acids is 1. The van der Waals surface area contributed by atoms with Gasteiger partial charge in [-0.05, 0) is 24.0 Å². The Morgan fingerprint density at radius 2 is 2.44 bits per heavy atom. The lowest BCUT2D eigenvalue weighted by atomic mass is 10.1. The van der Waals surface area contributed by atoms with Crippen LogP contribution in [0.4, 0.5) is 0 Å². The highest BCUT2D eigenvalue weighted by Crippen LogP contribution is 2.40. The summed E-state index contributed by atoms with van der Waals surface area (Å²) in [5.41, 5.74) is 1.23. The van der Waals surface area contributed by atoms with Crippen LogP contribution in [0.3, 0.4) is 0 Å². The fourth-order valence-corrected chi connectivity index (χ4v) is 1.95. The number of nitrogens with one attached hydrogen (secondary N) is 1. The molecule has 3 nitrogen and oxygen atoms in total. The number of hydrogen-bond acceptors (Lipinski definition) is 2. The Balaban J connectivity index is 1.82. The summed E-state index contributed by atoms with van der Waals surface area (Å²) in [5, 5.41) is 3.07. The second kappa shape index (κ2) is 4.64. The third-order valence-electron chi connectivity index (χ3n) is 2.84. The van der Waals surface area contributed by atoms with E-state index in [1.807, 2.05) is 12.3 Å². The van der Waals surface area contributed by atoms with Crippen LogP contribution in [-0.2, 0) is 4.79 Å². The molecule has 2 rings (SSSR count). The van der Waals surface area contributed by atoms with Crippen LogP contribution < -0.4 is 5.32 Å². The number of pyridine rings is 1. The maximum atomic E-state index is 11.6. The van der Waals surface area contributed by atoms with Gasteiger partial charge in [-0.25, -0.2) is 0 Å². The number of rotatable bonds is 4. The van der Waals surface area contributed by atoms with Crippen molar-refractivity contribution in [3.8, 4) is 0 Å². The first-order valence-corrected chi connectivity index (χ1v) is 5.86. The third kappa shape index (κ3) is 2.81. The molecule has 0 aromatic carbocycles. The van der Waals surface area contributed by atoms with E-state index in [0.29, 0.717) is 24.3 Å². The second-order valence-corrected chi connectivity index (χ2v) is 4.90. The first-order chi connectivity index (χ1) is 7.66. The van der Waals surface area contributed by atoms with E-state index >= 15 is 0 Å². The van der Waals surface area contributed by atoms with Crippen molar-refractivity contribution in [3.05, 3.63) is 30.1 Å². The highest BCUT2D eigenvalue weighted by atomic mass is 16.1. The first-order valence-electron chi connectivity index (χ1n) is 5.86. The van der Waals surface area contributed by atoms with Crippen LogP contribution in [0.1, 0.15) is 38.2 Å². The van der Waals surface area contributed by atoms with Crippen LogP contribution in [0, 0.1) is 5.92 Å². The van der Waals surface area contributed by atoms with Crippen LogP contribution in [-0.4, -0.2) is 16.9 Å². The van der Waals surface area contributed by atoms with Crippen LogP contribution in [0.25, 0.3) is 0 Å². The molecule has 1 aromatic heterocycles. The maximum absolute atomic E-state index is 11.6. The van der Waals surface area contributed by atoms with Gasteiger partial charge in [0.25, 0.3) is 0 Å². The fourth-order valence-electron chi connectivity index (χ4n) is 1.95. The average molecular weight is 218 g/mol. The van der Waals surface area contributed by atoms with E-state index in [-0.39, 0.29) is 5.91 Å². The molecule has 16 heavy (non-hydrogen) atoms. The molecule has 3 heteroatoms. The molecule has 1 aliphatic carbocycles. The Morgan fingerprint density at radius 3 is 3.06 bits per heavy atom. The van der Waals surface area contributed by atoms with Gasteiger partial charge in [0.15, 0.2) is 0 Å². The van der Waals surface area contributed by atoms with Gasteiger partial charge in [-0.15, -0.1) is 0 Å². The van der Waals surface area contributed by atoms with Crippen molar-refractivity contribution in [2.24, 2.45) is 5.92 Å². The SMILES string of the molecule is CC(C)CC(=O)N[C@@H]1C[C@H]1c1cccnc1. The van der Waals surface area contributed by atoms with Crippen molar-refractivity contribution in [2.75, 3.05) is 0 Å². The van der Waals surface area contributed by atoms with Gasteiger partial charge in [0.1, 0.15) is 0 Å². The van der Waals surface area contributed by atoms with Gasteiger partial charge >= 0.3 is 0 Å². The van der Waals surface area contributed by atoms with Crippen molar-refractivity contribution >= 4 is 5.91 Å². The molecule has 0 aliphatic heterocycles. The molecule has 86 valence electrons. The number of nitrogens with zero attached hydrogens (tertiary/aromatic N) is 1. The van der Waals surface area contributed by atoms with Crippen LogP contribution in [0.5, 0.6) is 0 Å². The minimum atomic E-state index is 0.173. The smallest absolute Gasteiger partial charge is 0.220 e. The average Bonchev–Trinajstić information content (AvgIpc) is 2.97. The molecular weight excluding hydrogens is 200 g/mol. The topological polar surface area (TPSA) is 42.0 Å². The lowest BCUT2D eigenvalue weighted by Gasteiger charge is -2.06. The quantitative estimate of drug-likeness (QED) is 0.841. The monoisotopic (exact) mass is 218 g/mol. The largest absolute Gasteiger partial charge is 0.353 e. The Kier molecular flexibility index (Phi) is 3.22. The van der Waals surface area contributed by atoms with E-state index in [1.165, 1.54) is 5.56 Å². The molecule has 1 heterocycles. The fraction of sp³-hybridized carbons (Fsp3) is 0.538. The lowest BCUT2D eigenvalue weighted by Crippen LogP contribution is -2.27. The molecule has 1 amide bonds. The molecule has 0 unspecified atom stereocenters. The maximum Gasteiger partial charge on any atom is 0.220 e. The molecule has 1 saturated carbocycles. The molecule has 1 aliphatic rings. The highest BCUT2D eigenvalue weighted by Gasteiger charge is 2.39. The molecule has 2 atom stereocenters. The summed E-state index contributed by atoms with van der Waals surface area (Å²) in [6.07, 6.45) is 5.34. The predicted molar refractivity (Wildman–Crippen MR) is 63.0 cm³/mol. The summed E-state index contributed by atoms with van der Waals surface area (Å²) in [5.74, 6) is 1.08. The Morgan fingerprint density at radius 1 is 1.62 bits per heavy atom. The van der Waals surface area contributed by atoms with Crippen LogP contribution in [0.2, 0.25) is 0 Å². The number of amides is 1. The normalized spacial score (nSPS) is 23.2. The standard InChI is InChI=1S/C13H18N2O/c1-9(2)6-13(16)15-12-7-11(12)10-4-3-5-14-8-10/h3-5,8-9,11-12H,6-7H2,1-2H3,(H,15,16)/t11-,12+/m0/s1. The number of carbonyl (C=O) groups is 1. The second-order valence-electron chi connectivity index (χ2n) is 4.90. The van der Waals surface area contributed by atoms with Gasteiger partial charge < -0.3 is 5.32 Å². The Labute approximate surface area is 96.3 Å². The van der Waals surface area contributed by atoms with Gasteiger partial charge in [-0.3, -0.25) is 9.78 Å². The lowest BCUT2D eigenvalue weighted by molar-refractivity contribution is -0.121. The molecule has 1 fully saturated rings. The van der Waals surface area contributed by atoms with Crippen molar-refractivity contribution < 1.29 is 4.79 Å². The molecule has 0 saturated heterocycles. The summed E-state index contributed by atoms with van der Waals surface area (Å²) in [7, 11) is 0. The Bertz CT molecular complexity index is 361. The zero-order valence-electron chi connectivity index (χ0n) is 9.81. The van der Waals surface area contributed by atoms with E-state index in [0.717, 1.165) is 6.42 Å². The molecule has 0 radical (unpaired) electrons. The minimum Gasteiger partial charge on any atom is -0.353 e. The summed E-state index contributed by atoms with van der Waals surface area (Å²) < 4.78 is 0. The number of aromatic nitrogens is 1. The summed E-state index contributed by atoms with van der Waals surface area (Å²) >= 11 is 0. The van der Waals surface area contributed by atoms with E-state index < -0.39 is 0 Å².